The zero-order chi connectivity index (χ0) is 13.3. The molecule has 0 aliphatic rings. The SMILES string of the molecule is Cc1ccc(Sc2nnc(C)n2C)c(C(=O)O)c1. The second-order valence-corrected chi connectivity index (χ2v) is 5.00. The monoisotopic (exact) mass is 263 g/mol. The van der Waals surface area contributed by atoms with Gasteiger partial charge in [-0.05, 0) is 37.7 Å². The molecule has 1 aromatic carbocycles. The summed E-state index contributed by atoms with van der Waals surface area (Å²) in [4.78, 5) is 11.9. The van der Waals surface area contributed by atoms with Crippen LogP contribution in [0.5, 0.6) is 0 Å². The molecular weight excluding hydrogens is 250 g/mol. The first-order valence-corrected chi connectivity index (χ1v) is 6.18. The highest BCUT2D eigenvalue weighted by atomic mass is 32.2. The van der Waals surface area contributed by atoms with Crippen LogP contribution in [0.2, 0.25) is 0 Å². The van der Waals surface area contributed by atoms with Gasteiger partial charge in [0.05, 0.1) is 5.56 Å². The predicted molar refractivity (Wildman–Crippen MR) is 68.0 cm³/mol. The minimum absolute atomic E-state index is 0.292. The third-order valence-corrected chi connectivity index (χ3v) is 3.73. The first kappa shape index (κ1) is 12.6. The lowest BCUT2D eigenvalue weighted by Gasteiger charge is -2.06. The Morgan fingerprint density at radius 3 is 2.61 bits per heavy atom. The highest BCUT2D eigenvalue weighted by Crippen LogP contribution is 2.29. The molecule has 6 heteroatoms. The lowest BCUT2D eigenvalue weighted by molar-refractivity contribution is 0.0693. The van der Waals surface area contributed by atoms with Crippen molar-refractivity contribution in [2.75, 3.05) is 0 Å². The molecule has 0 atom stereocenters. The van der Waals surface area contributed by atoms with Crippen molar-refractivity contribution in [3.63, 3.8) is 0 Å². The van der Waals surface area contributed by atoms with Gasteiger partial charge >= 0.3 is 5.97 Å². The Balaban J connectivity index is 2.40. The van der Waals surface area contributed by atoms with E-state index in [2.05, 4.69) is 10.2 Å². The number of rotatable bonds is 3. The molecule has 0 amide bonds. The number of aryl methyl sites for hydroxylation is 2. The predicted octanol–water partition coefficient (Wildman–Crippen LogP) is 2.28. The molecule has 94 valence electrons. The molecular formula is C12H13N3O2S. The normalized spacial score (nSPS) is 10.6. The first-order valence-electron chi connectivity index (χ1n) is 5.37. The molecule has 0 unspecified atom stereocenters. The molecule has 0 radical (unpaired) electrons. The molecule has 1 heterocycles. The highest BCUT2D eigenvalue weighted by molar-refractivity contribution is 7.99. The van der Waals surface area contributed by atoms with Crippen LogP contribution in [0.1, 0.15) is 21.7 Å². The molecule has 5 nitrogen and oxygen atoms in total. The molecule has 1 N–H and O–H groups in total. The zero-order valence-electron chi connectivity index (χ0n) is 10.3. The zero-order valence-corrected chi connectivity index (χ0v) is 11.2. The Morgan fingerprint density at radius 2 is 2.06 bits per heavy atom. The van der Waals surface area contributed by atoms with E-state index in [9.17, 15) is 9.90 Å². The van der Waals surface area contributed by atoms with E-state index in [1.807, 2.05) is 31.5 Å². The van der Waals surface area contributed by atoms with Crippen molar-refractivity contribution >= 4 is 17.7 Å². The number of hydrogen-bond acceptors (Lipinski definition) is 4. The van der Waals surface area contributed by atoms with Crippen molar-refractivity contribution < 1.29 is 9.90 Å². The minimum Gasteiger partial charge on any atom is -0.478 e. The molecule has 0 aliphatic heterocycles. The third kappa shape index (κ3) is 2.38. The van der Waals surface area contributed by atoms with Gasteiger partial charge in [-0.25, -0.2) is 4.79 Å². The van der Waals surface area contributed by atoms with Crippen molar-refractivity contribution in [3.05, 3.63) is 35.2 Å². The summed E-state index contributed by atoms with van der Waals surface area (Å²) in [6.07, 6.45) is 0. The van der Waals surface area contributed by atoms with Crippen molar-refractivity contribution in [1.29, 1.82) is 0 Å². The van der Waals surface area contributed by atoms with Crippen LogP contribution in [0.3, 0.4) is 0 Å². The quantitative estimate of drug-likeness (QED) is 0.920. The van der Waals surface area contributed by atoms with Crippen LogP contribution in [0, 0.1) is 13.8 Å². The summed E-state index contributed by atoms with van der Waals surface area (Å²) >= 11 is 1.31. The van der Waals surface area contributed by atoms with Gasteiger partial charge in [-0.15, -0.1) is 10.2 Å². The average molecular weight is 263 g/mol. The largest absolute Gasteiger partial charge is 0.478 e. The number of carbonyl (C=O) groups is 1. The fraction of sp³-hybridized carbons (Fsp3) is 0.250. The smallest absolute Gasteiger partial charge is 0.336 e. The fourth-order valence-electron chi connectivity index (χ4n) is 1.47. The summed E-state index contributed by atoms with van der Waals surface area (Å²) in [6.45, 7) is 3.72. The summed E-state index contributed by atoms with van der Waals surface area (Å²) in [7, 11) is 1.85. The van der Waals surface area contributed by atoms with Gasteiger partial charge in [0, 0.05) is 11.9 Å². The number of carboxylic acids is 1. The van der Waals surface area contributed by atoms with E-state index in [0.29, 0.717) is 15.6 Å². The Hall–Kier alpha value is -1.82. The van der Waals surface area contributed by atoms with Crippen LogP contribution in [-0.4, -0.2) is 25.8 Å². The maximum absolute atomic E-state index is 11.2. The second kappa shape index (κ2) is 4.81. The summed E-state index contributed by atoms with van der Waals surface area (Å²) in [6, 6.07) is 5.35. The van der Waals surface area contributed by atoms with Gasteiger partial charge in [0.15, 0.2) is 5.16 Å². The van der Waals surface area contributed by atoms with Crippen LogP contribution in [0.15, 0.2) is 28.3 Å². The first-order chi connectivity index (χ1) is 8.49. The lowest BCUT2D eigenvalue weighted by atomic mass is 10.1. The van der Waals surface area contributed by atoms with Crippen LogP contribution in [0.4, 0.5) is 0 Å². The topological polar surface area (TPSA) is 68.0 Å². The molecule has 2 aromatic rings. The van der Waals surface area contributed by atoms with E-state index in [-0.39, 0.29) is 0 Å². The molecule has 0 saturated carbocycles. The van der Waals surface area contributed by atoms with Crippen LogP contribution in [0.25, 0.3) is 0 Å². The molecule has 0 spiro atoms. The van der Waals surface area contributed by atoms with E-state index in [1.54, 1.807) is 12.1 Å². The molecule has 0 saturated heterocycles. The standard InChI is InChI=1S/C12H13N3O2S/c1-7-4-5-10(9(6-7)11(16)17)18-12-14-13-8(2)15(12)3/h4-6H,1-3H3,(H,16,17). The summed E-state index contributed by atoms with van der Waals surface area (Å²) < 4.78 is 1.83. The number of benzene rings is 1. The highest BCUT2D eigenvalue weighted by Gasteiger charge is 2.14. The molecule has 2 rings (SSSR count). The van der Waals surface area contributed by atoms with Gasteiger partial charge in [-0.2, -0.15) is 0 Å². The second-order valence-electron chi connectivity index (χ2n) is 4.00. The van der Waals surface area contributed by atoms with Crippen molar-refractivity contribution in [2.45, 2.75) is 23.9 Å². The Morgan fingerprint density at radius 1 is 1.33 bits per heavy atom. The maximum atomic E-state index is 11.2. The summed E-state index contributed by atoms with van der Waals surface area (Å²) in [5, 5.41) is 17.8. The lowest BCUT2D eigenvalue weighted by Crippen LogP contribution is -2.00. The third-order valence-electron chi connectivity index (χ3n) is 2.62. The van der Waals surface area contributed by atoms with Crippen molar-refractivity contribution in [1.82, 2.24) is 14.8 Å². The summed E-state index contributed by atoms with van der Waals surface area (Å²) in [5.74, 6) is -0.137. The van der Waals surface area contributed by atoms with E-state index in [0.717, 1.165) is 11.4 Å². The van der Waals surface area contributed by atoms with E-state index >= 15 is 0 Å². The number of hydrogen-bond donors (Lipinski definition) is 1. The fourth-order valence-corrected chi connectivity index (χ4v) is 2.41. The van der Waals surface area contributed by atoms with Crippen LogP contribution < -0.4 is 0 Å². The molecule has 18 heavy (non-hydrogen) atoms. The molecule has 0 fully saturated rings. The number of aromatic nitrogens is 3. The minimum atomic E-state index is -0.930. The van der Waals surface area contributed by atoms with Gasteiger partial charge in [-0.3, -0.25) is 0 Å². The Kier molecular flexibility index (Phi) is 3.38. The molecule has 1 aromatic heterocycles. The Labute approximate surface area is 109 Å². The maximum Gasteiger partial charge on any atom is 0.336 e. The average Bonchev–Trinajstić information content (AvgIpc) is 2.63. The van der Waals surface area contributed by atoms with Crippen LogP contribution in [-0.2, 0) is 7.05 Å². The van der Waals surface area contributed by atoms with Crippen molar-refractivity contribution in [3.8, 4) is 0 Å². The van der Waals surface area contributed by atoms with E-state index in [1.165, 1.54) is 11.8 Å². The Bertz CT molecular complexity index is 607. The molecule has 0 bridgehead atoms. The summed E-state index contributed by atoms with van der Waals surface area (Å²) in [5.41, 5.74) is 1.21. The number of carboxylic acid groups (broad SMARTS) is 1. The van der Waals surface area contributed by atoms with Gasteiger partial charge in [0.2, 0.25) is 0 Å². The van der Waals surface area contributed by atoms with Crippen LogP contribution >= 0.6 is 11.8 Å². The van der Waals surface area contributed by atoms with E-state index in [4.69, 9.17) is 0 Å². The molecule has 0 aliphatic carbocycles. The van der Waals surface area contributed by atoms with E-state index < -0.39 is 5.97 Å². The van der Waals surface area contributed by atoms with Gasteiger partial charge < -0.3 is 9.67 Å². The number of aromatic carboxylic acids is 1. The van der Waals surface area contributed by atoms with Gasteiger partial charge in [-0.1, -0.05) is 11.6 Å². The van der Waals surface area contributed by atoms with Gasteiger partial charge in [0.25, 0.3) is 0 Å². The van der Waals surface area contributed by atoms with Crippen molar-refractivity contribution in [2.24, 2.45) is 7.05 Å². The van der Waals surface area contributed by atoms with Gasteiger partial charge in [0.1, 0.15) is 5.82 Å². The number of nitrogens with zero attached hydrogens (tertiary/aromatic N) is 3.